The van der Waals surface area contributed by atoms with Gasteiger partial charge >= 0.3 is 17.5 Å². The van der Waals surface area contributed by atoms with E-state index in [-0.39, 0.29) is 42.8 Å². The largest absolute Gasteiger partial charge is 0.477 e. The maximum atomic E-state index is 12.0. The molecule has 0 aliphatic carbocycles. The number of carbonyl (C=O) groups is 2. The normalized spacial score (nSPS) is 10.5. The predicted molar refractivity (Wildman–Crippen MR) is 107 cm³/mol. The molecule has 2 aromatic heterocycles. The van der Waals surface area contributed by atoms with Gasteiger partial charge in [0.2, 0.25) is 0 Å². The number of nitrogens with one attached hydrogen (secondary N) is 2. The average molecular weight is 494 g/mol. The number of amides is 2. The fourth-order valence-corrected chi connectivity index (χ4v) is 2.69. The van der Waals surface area contributed by atoms with Crippen LogP contribution in [0.3, 0.4) is 0 Å². The van der Waals surface area contributed by atoms with Crippen molar-refractivity contribution in [1.82, 2.24) is 30.6 Å². The Morgan fingerprint density at radius 1 is 1.26 bits per heavy atom. The van der Waals surface area contributed by atoms with Crippen molar-refractivity contribution >= 4 is 33.4 Å². The van der Waals surface area contributed by atoms with Crippen molar-refractivity contribution in [3.8, 4) is 5.75 Å². The van der Waals surface area contributed by atoms with Gasteiger partial charge in [-0.2, -0.15) is 10.1 Å². The van der Waals surface area contributed by atoms with Crippen LogP contribution in [0.1, 0.15) is 16.5 Å². The van der Waals surface area contributed by atoms with Gasteiger partial charge in [-0.1, -0.05) is 17.3 Å². The molecule has 0 atom stereocenters. The summed E-state index contributed by atoms with van der Waals surface area (Å²) < 4.78 is 12.5. The summed E-state index contributed by atoms with van der Waals surface area (Å²) in [4.78, 5) is 38.2. The Morgan fingerprint density at radius 3 is 2.77 bits per heavy atom. The fraction of sp³-hybridized carbons (Fsp3) is 0.235. The number of aromatic nitrogens is 4. The molecule has 0 aliphatic heterocycles. The third-order valence-electron chi connectivity index (χ3n) is 3.72. The molecule has 2 N–H and O–H groups in total. The number of nitrogens with zero attached hydrogens (tertiary/aromatic N) is 5. The van der Waals surface area contributed by atoms with Gasteiger partial charge < -0.3 is 19.9 Å². The van der Waals surface area contributed by atoms with E-state index in [1.165, 1.54) is 18.2 Å². The summed E-state index contributed by atoms with van der Waals surface area (Å²) in [7, 11) is 0. The minimum atomic E-state index is -0.598. The van der Waals surface area contributed by atoms with Crippen LogP contribution in [0.25, 0.3) is 0 Å². The number of nitro benzene ring substituents is 1. The zero-order chi connectivity index (χ0) is 22.2. The van der Waals surface area contributed by atoms with Gasteiger partial charge in [0.1, 0.15) is 6.54 Å². The second kappa shape index (κ2) is 10.3. The molecule has 13 nitrogen and oxygen atoms in total. The molecule has 2 amide bonds. The van der Waals surface area contributed by atoms with E-state index in [0.29, 0.717) is 0 Å². The van der Waals surface area contributed by atoms with Gasteiger partial charge in [-0.25, -0.2) is 0 Å². The van der Waals surface area contributed by atoms with Crippen molar-refractivity contribution in [2.75, 3.05) is 19.7 Å². The lowest BCUT2D eigenvalue weighted by atomic mass is 10.3. The highest BCUT2D eigenvalue weighted by Crippen LogP contribution is 2.25. The van der Waals surface area contributed by atoms with Gasteiger partial charge in [0.15, 0.2) is 18.2 Å². The Labute approximate surface area is 183 Å². The van der Waals surface area contributed by atoms with Crippen molar-refractivity contribution in [2.24, 2.45) is 0 Å². The number of benzene rings is 1. The zero-order valence-corrected chi connectivity index (χ0v) is 17.4. The van der Waals surface area contributed by atoms with Crippen LogP contribution in [0, 0.1) is 10.1 Å². The predicted octanol–water partition coefficient (Wildman–Crippen LogP) is 0.910. The first-order chi connectivity index (χ1) is 14.9. The molecule has 31 heavy (non-hydrogen) atoms. The van der Waals surface area contributed by atoms with Crippen LogP contribution < -0.4 is 15.4 Å². The Bertz CT molecular complexity index is 1080. The second-order valence-electron chi connectivity index (χ2n) is 5.99. The van der Waals surface area contributed by atoms with Crippen LogP contribution in [0.4, 0.5) is 5.69 Å². The first-order valence-corrected chi connectivity index (χ1v) is 9.63. The van der Waals surface area contributed by atoms with Crippen LogP contribution in [0.2, 0.25) is 0 Å². The van der Waals surface area contributed by atoms with Gasteiger partial charge in [-0.15, -0.1) is 0 Å². The monoisotopic (exact) mass is 493 g/mol. The molecule has 0 aliphatic rings. The fourth-order valence-electron chi connectivity index (χ4n) is 2.36. The number of ether oxygens (including phenoxy) is 1. The zero-order valence-electron chi connectivity index (χ0n) is 15.9. The van der Waals surface area contributed by atoms with Crippen LogP contribution in [-0.4, -0.2) is 56.4 Å². The standard InChI is InChI=1S/C17H16BrN7O6/c18-11-7-21-24(8-11)9-14-22-17(31-23-14)16(27)20-6-5-19-15(26)10-30-13-4-2-1-3-12(13)25(28)29/h1-4,7-8H,5-6,9-10H2,(H,19,26)(H,20,27). The van der Waals surface area contributed by atoms with Crippen molar-refractivity contribution in [1.29, 1.82) is 0 Å². The first-order valence-electron chi connectivity index (χ1n) is 8.84. The van der Waals surface area contributed by atoms with Gasteiger partial charge in [0, 0.05) is 25.4 Å². The highest BCUT2D eigenvalue weighted by Gasteiger charge is 2.16. The molecule has 3 rings (SSSR count). The maximum Gasteiger partial charge on any atom is 0.316 e. The molecular formula is C17H16BrN7O6. The smallest absolute Gasteiger partial charge is 0.316 e. The summed E-state index contributed by atoms with van der Waals surface area (Å²) in [5.41, 5.74) is -0.235. The topological polar surface area (TPSA) is 167 Å². The Kier molecular flexibility index (Phi) is 7.26. The lowest BCUT2D eigenvalue weighted by molar-refractivity contribution is -0.385. The van der Waals surface area contributed by atoms with E-state index in [9.17, 15) is 19.7 Å². The van der Waals surface area contributed by atoms with Crippen LogP contribution >= 0.6 is 15.9 Å². The number of hydrogen-bond donors (Lipinski definition) is 2. The van der Waals surface area contributed by atoms with E-state index >= 15 is 0 Å². The van der Waals surface area contributed by atoms with Crippen LogP contribution in [-0.2, 0) is 11.3 Å². The third-order valence-corrected chi connectivity index (χ3v) is 4.13. The molecular weight excluding hydrogens is 478 g/mol. The van der Waals surface area contributed by atoms with E-state index in [4.69, 9.17) is 9.26 Å². The maximum absolute atomic E-state index is 12.0. The molecule has 3 aromatic rings. The van der Waals surface area contributed by atoms with Gasteiger partial charge in [-0.3, -0.25) is 24.4 Å². The van der Waals surface area contributed by atoms with Crippen molar-refractivity contribution in [3.63, 3.8) is 0 Å². The summed E-state index contributed by atoms with van der Waals surface area (Å²) in [5, 5.41) is 23.7. The molecule has 0 fully saturated rings. The molecule has 0 bridgehead atoms. The summed E-state index contributed by atoms with van der Waals surface area (Å²) in [6.07, 6.45) is 3.33. The van der Waals surface area contributed by atoms with Crippen molar-refractivity contribution in [3.05, 3.63) is 63.0 Å². The number of hydrogen-bond acceptors (Lipinski definition) is 9. The second-order valence-corrected chi connectivity index (χ2v) is 6.91. The van der Waals surface area contributed by atoms with E-state index < -0.39 is 23.3 Å². The van der Waals surface area contributed by atoms with Gasteiger partial charge in [0.05, 0.1) is 15.6 Å². The average Bonchev–Trinajstić information content (AvgIpc) is 3.38. The van der Waals surface area contributed by atoms with Crippen molar-refractivity contribution in [2.45, 2.75) is 6.54 Å². The first kappa shape index (κ1) is 21.9. The third kappa shape index (κ3) is 6.33. The van der Waals surface area contributed by atoms with Crippen molar-refractivity contribution < 1.29 is 23.8 Å². The quantitative estimate of drug-likeness (QED) is 0.237. The lowest BCUT2D eigenvalue weighted by Gasteiger charge is -2.08. The van der Waals surface area contributed by atoms with E-state index in [1.807, 2.05) is 0 Å². The van der Waals surface area contributed by atoms with Gasteiger partial charge in [0.25, 0.3) is 5.91 Å². The minimum Gasteiger partial charge on any atom is -0.477 e. The molecule has 162 valence electrons. The Balaban J connectivity index is 1.37. The summed E-state index contributed by atoms with van der Waals surface area (Å²) in [5.74, 6) is -1.04. The summed E-state index contributed by atoms with van der Waals surface area (Å²) in [6.45, 7) is 0.0281. The summed E-state index contributed by atoms with van der Waals surface area (Å²) >= 11 is 3.27. The Morgan fingerprint density at radius 2 is 2.03 bits per heavy atom. The molecule has 0 radical (unpaired) electrons. The molecule has 14 heteroatoms. The minimum absolute atomic E-state index is 0.00869. The van der Waals surface area contributed by atoms with Gasteiger partial charge in [-0.05, 0) is 22.0 Å². The number of halogens is 1. The van der Waals surface area contributed by atoms with E-state index in [0.717, 1.165) is 4.47 Å². The molecule has 2 heterocycles. The molecule has 0 saturated heterocycles. The molecule has 0 spiro atoms. The summed E-state index contributed by atoms with van der Waals surface area (Å²) in [6, 6.07) is 5.73. The van der Waals surface area contributed by atoms with E-state index in [2.05, 4.69) is 41.8 Å². The number of carbonyl (C=O) groups excluding carboxylic acids is 2. The van der Waals surface area contributed by atoms with Crippen LogP contribution in [0.5, 0.6) is 5.75 Å². The molecule has 0 saturated carbocycles. The lowest BCUT2D eigenvalue weighted by Crippen LogP contribution is -2.36. The number of rotatable bonds is 10. The Hall–Kier alpha value is -3.81. The number of nitro groups is 1. The van der Waals surface area contributed by atoms with Crippen LogP contribution in [0.15, 0.2) is 45.7 Å². The van der Waals surface area contributed by atoms with E-state index in [1.54, 1.807) is 23.1 Å². The number of para-hydroxylation sites is 2. The highest BCUT2D eigenvalue weighted by molar-refractivity contribution is 9.10. The molecule has 1 aromatic carbocycles. The highest BCUT2D eigenvalue weighted by atomic mass is 79.9. The molecule has 0 unspecified atom stereocenters. The SMILES string of the molecule is O=C(COc1ccccc1[N+](=O)[O-])NCCNC(=O)c1nc(Cn2cc(Br)cn2)no1.